The van der Waals surface area contributed by atoms with Gasteiger partial charge in [-0.25, -0.2) is 8.42 Å². The molecular formula is C32H63NaO4S. The number of hydrogen-bond donors (Lipinski definition) is 0. The Labute approximate surface area is 261 Å². The van der Waals surface area contributed by atoms with Crippen LogP contribution in [0.3, 0.4) is 0 Å². The molecule has 0 aliphatic heterocycles. The van der Waals surface area contributed by atoms with Gasteiger partial charge in [-0.15, -0.1) is 0 Å². The Balaban J connectivity index is 0. The van der Waals surface area contributed by atoms with Crippen molar-refractivity contribution in [1.29, 1.82) is 0 Å². The smallest absolute Gasteiger partial charge is 0.726 e. The molecule has 0 amide bonds. The van der Waals surface area contributed by atoms with Crippen LogP contribution in [0.2, 0.25) is 0 Å². The average Bonchev–Trinajstić information content (AvgIpc) is 2.87. The molecule has 222 valence electrons. The number of hydrogen-bond acceptors (Lipinski definition) is 4. The Morgan fingerprint density at radius 1 is 0.579 bits per heavy atom. The van der Waals surface area contributed by atoms with E-state index in [0.29, 0.717) is 0 Å². The van der Waals surface area contributed by atoms with Crippen LogP contribution >= 0.6 is 0 Å². The van der Waals surface area contributed by atoms with Gasteiger partial charge in [-0.2, -0.15) is 0 Å². The first kappa shape index (κ1) is 40.7. The Morgan fingerprint density at radius 2 is 0.921 bits per heavy atom. The Kier molecular flexibility index (Phi) is 34.5. The van der Waals surface area contributed by atoms with E-state index in [9.17, 15) is 13.0 Å². The van der Waals surface area contributed by atoms with E-state index >= 15 is 0 Å². The van der Waals surface area contributed by atoms with E-state index in [1.165, 1.54) is 148 Å². The van der Waals surface area contributed by atoms with Crippen molar-refractivity contribution in [2.75, 3.05) is 6.61 Å². The van der Waals surface area contributed by atoms with Crippen molar-refractivity contribution < 1.29 is 46.7 Å². The van der Waals surface area contributed by atoms with Gasteiger partial charge in [0, 0.05) is 5.92 Å². The second kappa shape index (κ2) is 32.1. The molecule has 0 aromatic heterocycles. The van der Waals surface area contributed by atoms with Crippen LogP contribution in [0.15, 0.2) is 12.2 Å². The van der Waals surface area contributed by atoms with Crippen molar-refractivity contribution >= 4 is 10.4 Å². The van der Waals surface area contributed by atoms with Gasteiger partial charge in [-0.1, -0.05) is 174 Å². The molecule has 4 nitrogen and oxygen atoms in total. The standard InChI is InChI=1S/C32H64O4S.Na/c1-3-5-7-9-11-13-15-16-17-18-19-20-22-24-26-28-30-32(31-36-37(33,34)35)29-27-25-23-21-14-12-10-8-6-4-2;/h28,30,32H,3-27,29,31H2,1-2H3,(H,33,34,35);/q;+1/p-1/b30-28+;. The van der Waals surface area contributed by atoms with Crippen LogP contribution in [0.1, 0.15) is 181 Å². The summed E-state index contributed by atoms with van der Waals surface area (Å²) in [5.74, 6) is 0.0180. The molecule has 38 heavy (non-hydrogen) atoms. The van der Waals surface area contributed by atoms with Crippen molar-refractivity contribution in [3.8, 4) is 0 Å². The van der Waals surface area contributed by atoms with Crippen LogP contribution in [0, 0.1) is 5.92 Å². The number of unbranched alkanes of at least 4 members (excludes halogenated alkanes) is 23. The van der Waals surface area contributed by atoms with Gasteiger partial charge < -0.3 is 4.55 Å². The zero-order valence-electron chi connectivity index (χ0n) is 25.9. The summed E-state index contributed by atoms with van der Waals surface area (Å²) >= 11 is 0. The third-order valence-corrected chi connectivity index (χ3v) is 7.91. The SMILES string of the molecule is CCCCCCCCCCCCCCCC/C=C/C(CCCCCCCCCCCC)COS(=O)(=O)[O-].[Na+]. The van der Waals surface area contributed by atoms with Gasteiger partial charge in [-0.3, -0.25) is 4.18 Å². The molecular weight excluding hydrogens is 503 g/mol. The molecule has 0 heterocycles. The van der Waals surface area contributed by atoms with Crippen LogP contribution in [0.4, 0.5) is 0 Å². The molecule has 0 aromatic rings. The van der Waals surface area contributed by atoms with Gasteiger partial charge in [0.2, 0.25) is 10.4 Å². The maximum atomic E-state index is 10.9. The summed E-state index contributed by atoms with van der Waals surface area (Å²) in [6.07, 6.45) is 38.1. The monoisotopic (exact) mass is 566 g/mol. The Hall–Kier alpha value is 0.610. The molecule has 0 saturated carbocycles. The minimum Gasteiger partial charge on any atom is -0.726 e. The molecule has 0 bridgehead atoms. The van der Waals surface area contributed by atoms with E-state index in [2.05, 4.69) is 30.2 Å². The first-order valence-corrected chi connectivity index (χ1v) is 17.6. The fourth-order valence-electron chi connectivity index (χ4n) is 5.05. The number of allylic oxidation sites excluding steroid dienone is 1. The van der Waals surface area contributed by atoms with E-state index < -0.39 is 10.4 Å². The molecule has 0 aliphatic carbocycles. The van der Waals surface area contributed by atoms with Crippen LogP contribution in [-0.2, 0) is 14.6 Å². The second-order valence-electron chi connectivity index (χ2n) is 11.2. The molecule has 1 unspecified atom stereocenters. The summed E-state index contributed by atoms with van der Waals surface area (Å²) in [7, 11) is -4.62. The minimum atomic E-state index is -4.62. The number of rotatable bonds is 30. The molecule has 0 saturated heterocycles. The van der Waals surface area contributed by atoms with Crippen LogP contribution in [0.5, 0.6) is 0 Å². The van der Waals surface area contributed by atoms with Gasteiger partial charge in [0.15, 0.2) is 0 Å². The molecule has 0 N–H and O–H groups in total. The van der Waals surface area contributed by atoms with Crippen LogP contribution in [-0.4, -0.2) is 19.6 Å². The fourth-order valence-corrected chi connectivity index (χ4v) is 5.39. The van der Waals surface area contributed by atoms with Gasteiger partial charge in [0.25, 0.3) is 0 Å². The Morgan fingerprint density at radius 3 is 1.29 bits per heavy atom. The minimum absolute atomic E-state index is 0. The topological polar surface area (TPSA) is 66.4 Å². The van der Waals surface area contributed by atoms with Crippen molar-refractivity contribution in [1.82, 2.24) is 0 Å². The summed E-state index contributed by atoms with van der Waals surface area (Å²) in [4.78, 5) is 0. The largest absolute Gasteiger partial charge is 1.00 e. The zero-order valence-corrected chi connectivity index (χ0v) is 28.7. The van der Waals surface area contributed by atoms with Crippen molar-refractivity contribution in [3.63, 3.8) is 0 Å². The molecule has 0 aromatic carbocycles. The van der Waals surface area contributed by atoms with E-state index in [0.717, 1.165) is 19.3 Å². The summed E-state index contributed by atoms with van der Waals surface area (Å²) in [5.41, 5.74) is 0. The van der Waals surface area contributed by atoms with E-state index in [4.69, 9.17) is 0 Å². The summed E-state index contributed by atoms with van der Waals surface area (Å²) < 4.78 is 37.3. The van der Waals surface area contributed by atoms with E-state index in [1.807, 2.05) is 0 Å². The summed E-state index contributed by atoms with van der Waals surface area (Å²) in [6.45, 7) is 4.51. The molecule has 0 rings (SSSR count). The predicted octanol–water partition coefficient (Wildman–Crippen LogP) is 7.82. The predicted molar refractivity (Wildman–Crippen MR) is 160 cm³/mol. The zero-order chi connectivity index (χ0) is 27.3. The molecule has 0 fully saturated rings. The van der Waals surface area contributed by atoms with Crippen molar-refractivity contribution in [2.24, 2.45) is 5.92 Å². The second-order valence-corrected chi connectivity index (χ2v) is 12.3. The summed E-state index contributed by atoms with van der Waals surface area (Å²) in [5, 5.41) is 0. The molecule has 0 radical (unpaired) electrons. The maximum absolute atomic E-state index is 10.9. The third-order valence-electron chi connectivity index (χ3n) is 7.49. The van der Waals surface area contributed by atoms with Gasteiger partial charge in [0.1, 0.15) is 0 Å². The first-order valence-electron chi connectivity index (χ1n) is 16.3. The van der Waals surface area contributed by atoms with Crippen molar-refractivity contribution in [2.45, 2.75) is 181 Å². The molecule has 1 atom stereocenters. The Bertz CT molecular complexity index is 580. The van der Waals surface area contributed by atoms with Gasteiger partial charge >= 0.3 is 29.6 Å². The summed E-state index contributed by atoms with van der Waals surface area (Å²) in [6, 6.07) is 0. The quantitative estimate of drug-likeness (QED) is 0.0292. The fraction of sp³-hybridized carbons (Fsp3) is 0.938. The van der Waals surface area contributed by atoms with E-state index in [-0.39, 0.29) is 42.1 Å². The molecule has 0 spiro atoms. The van der Waals surface area contributed by atoms with Gasteiger partial charge in [-0.05, 0) is 19.3 Å². The van der Waals surface area contributed by atoms with Gasteiger partial charge in [0.05, 0.1) is 6.61 Å². The molecule has 6 heteroatoms. The third kappa shape index (κ3) is 34.6. The van der Waals surface area contributed by atoms with Crippen molar-refractivity contribution in [3.05, 3.63) is 12.2 Å². The van der Waals surface area contributed by atoms with Crippen LogP contribution < -0.4 is 29.6 Å². The van der Waals surface area contributed by atoms with Crippen LogP contribution in [0.25, 0.3) is 0 Å². The molecule has 0 aliphatic rings. The van der Waals surface area contributed by atoms with E-state index in [1.54, 1.807) is 0 Å². The first-order chi connectivity index (χ1) is 18.0. The average molecular weight is 567 g/mol. The maximum Gasteiger partial charge on any atom is 1.00 e. The normalized spacial score (nSPS) is 12.7.